The lowest BCUT2D eigenvalue weighted by atomic mass is 10.1. The number of likely N-dealkylation sites (N-methyl/N-ethyl adjacent to an activating group) is 1. The van der Waals surface area contributed by atoms with Crippen LogP contribution in [0.1, 0.15) is 17.7 Å². The van der Waals surface area contributed by atoms with Gasteiger partial charge in [-0.05, 0) is 38.2 Å². The topological polar surface area (TPSA) is 69.2 Å². The van der Waals surface area contributed by atoms with E-state index < -0.39 is 0 Å². The van der Waals surface area contributed by atoms with Crippen LogP contribution in [0, 0.1) is 5.41 Å². The zero-order chi connectivity index (χ0) is 13.0. The van der Waals surface area contributed by atoms with Crippen molar-refractivity contribution in [2.24, 2.45) is 5.73 Å². The van der Waals surface area contributed by atoms with Crippen LogP contribution in [0.3, 0.4) is 0 Å². The van der Waals surface area contributed by atoms with E-state index >= 15 is 0 Å². The Hall–Kier alpha value is -1.46. The van der Waals surface area contributed by atoms with Gasteiger partial charge in [0.2, 0.25) is 0 Å². The van der Waals surface area contributed by atoms with Gasteiger partial charge in [0.1, 0.15) is 11.5 Å². The van der Waals surface area contributed by atoms with E-state index in [1.807, 2.05) is 12.1 Å². The van der Waals surface area contributed by atoms with Crippen LogP contribution in [-0.2, 0) is 6.54 Å². The van der Waals surface area contributed by atoms with Gasteiger partial charge in [-0.1, -0.05) is 6.07 Å². The number of rotatable bonds is 3. The Kier molecular flexibility index (Phi) is 4.28. The summed E-state index contributed by atoms with van der Waals surface area (Å²) in [5, 5.41) is 7.56. The van der Waals surface area contributed by atoms with E-state index in [0.717, 1.165) is 38.3 Å². The number of hydrogen-bond acceptors (Lipinski definition) is 4. The molecule has 5 nitrogen and oxygen atoms in total. The fraction of sp³-hybridized carbons (Fsp3) is 0.538. The first-order valence-electron chi connectivity index (χ1n) is 6.36. The van der Waals surface area contributed by atoms with Gasteiger partial charge in [0.25, 0.3) is 0 Å². The second kappa shape index (κ2) is 5.93. The van der Waals surface area contributed by atoms with Crippen molar-refractivity contribution in [2.45, 2.75) is 13.0 Å². The zero-order valence-electron chi connectivity index (χ0n) is 10.9. The molecule has 1 aromatic rings. The van der Waals surface area contributed by atoms with Crippen LogP contribution >= 0.6 is 0 Å². The average molecular weight is 247 g/mol. The fourth-order valence-corrected chi connectivity index (χ4v) is 2.31. The van der Waals surface area contributed by atoms with Crippen molar-refractivity contribution in [2.75, 3.05) is 33.2 Å². The van der Waals surface area contributed by atoms with Crippen LogP contribution in [0.15, 0.2) is 18.3 Å². The minimum absolute atomic E-state index is 0.0533. The first-order valence-corrected chi connectivity index (χ1v) is 6.36. The Labute approximate surface area is 108 Å². The van der Waals surface area contributed by atoms with Crippen molar-refractivity contribution < 1.29 is 0 Å². The van der Waals surface area contributed by atoms with Crippen LogP contribution in [0.2, 0.25) is 0 Å². The number of pyridine rings is 1. The number of nitrogen functional groups attached to an aromatic ring is 1. The summed E-state index contributed by atoms with van der Waals surface area (Å²) >= 11 is 0. The smallest absolute Gasteiger partial charge is 0.142 e. The fourth-order valence-electron chi connectivity index (χ4n) is 2.31. The molecule has 0 bridgehead atoms. The molecule has 0 radical (unpaired) electrons. The Morgan fingerprint density at radius 3 is 3.00 bits per heavy atom. The summed E-state index contributed by atoms with van der Waals surface area (Å²) in [7, 11) is 2.16. The number of nitrogens with one attached hydrogen (secondary N) is 1. The molecule has 2 rings (SSSR count). The number of amidine groups is 1. The summed E-state index contributed by atoms with van der Waals surface area (Å²) in [6, 6.07) is 3.92. The summed E-state index contributed by atoms with van der Waals surface area (Å²) < 4.78 is 0. The maximum absolute atomic E-state index is 7.56. The third kappa shape index (κ3) is 3.27. The molecule has 1 aliphatic heterocycles. The summed E-state index contributed by atoms with van der Waals surface area (Å²) in [6.07, 6.45) is 2.88. The van der Waals surface area contributed by atoms with Crippen molar-refractivity contribution in [3.63, 3.8) is 0 Å². The predicted molar refractivity (Wildman–Crippen MR) is 72.6 cm³/mol. The molecular weight excluding hydrogens is 226 g/mol. The van der Waals surface area contributed by atoms with Gasteiger partial charge >= 0.3 is 0 Å². The highest BCUT2D eigenvalue weighted by Crippen LogP contribution is 2.11. The Morgan fingerprint density at radius 2 is 2.22 bits per heavy atom. The normalized spacial score (nSPS) is 18.5. The first-order chi connectivity index (χ1) is 8.66. The minimum Gasteiger partial charge on any atom is -0.382 e. The molecule has 1 aliphatic rings. The first kappa shape index (κ1) is 13.0. The lowest BCUT2D eigenvalue weighted by molar-refractivity contribution is 0.269. The number of aromatic nitrogens is 1. The van der Waals surface area contributed by atoms with Crippen LogP contribution in [0.4, 0.5) is 0 Å². The van der Waals surface area contributed by atoms with Gasteiger partial charge < -0.3 is 10.6 Å². The van der Waals surface area contributed by atoms with Gasteiger partial charge in [-0.2, -0.15) is 0 Å². The molecule has 2 heterocycles. The summed E-state index contributed by atoms with van der Waals surface area (Å²) in [5.74, 6) is 0.0533. The monoisotopic (exact) mass is 247 g/mol. The molecule has 0 atom stereocenters. The van der Waals surface area contributed by atoms with Crippen LogP contribution in [0.5, 0.6) is 0 Å². The van der Waals surface area contributed by atoms with E-state index in [0.29, 0.717) is 5.69 Å². The van der Waals surface area contributed by atoms with Crippen molar-refractivity contribution in [1.29, 1.82) is 5.41 Å². The SMILES string of the molecule is CN1CCCN(Cc2cccnc2C(=N)N)CC1. The standard InChI is InChI=1S/C13H21N5/c1-17-6-3-7-18(9-8-17)10-11-4-2-5-16-12(11)13(14)15/h2,4-5H,3,6-10H2,1H3,(H3,14,15). The molecule has 0 aliphatic carbocycles. The second-order valence-electron chi connectivity index (χ2n) is 4.86. The molecule has 0 unspecified atom stereocenters. The number of hydrogen-bond donors (Lipinski definition) is 2. The maximum Gasteiger partial charge on any atom is 0.142 e. The lowest BCUT2D eigenvalue weighted by Gasteiger charge is -2.21. The highest BCUT2D eigenvalue weighted by molar-refractivity contribution is 5.94. The number of nitrogens with two attached hydrogens (primary N) is 1. The Bertz CT molecular complexity index is 418. The quantitative estimate of drug-likeness (QED) is 0.603. The molecule has 3 N–H and O–H groups in total. The average Bonchev–Trinajstić information content (AvgIpc) is 2.55. The van der Waals surface area contributed by atoms with E-state index in [4.69, 9.17) is 11.1 Å². The number of nitrogens with zero attached hydrogens (tertiary/aromatic N) is 3. The molecule has 0 saturated carbocycles. The van der Waals surface area contributed by atoms with Gasteiger partial charge in [0, 0.05) is 25.8 Å². The molecule has 0 amide bonds. The van der Waals surface area contributed by atoms with E-state index in [2.05, 4.69) is 21.8 Å². The van der Waals surface area contributed by atoms with E-state index in [9.17, 15) is 0 Å². The zero-order valence-corrected chi connectivity index (χ0v) is 10.9. The van der Waals surface area contributed by atoms with Crippen LogP contribution in [0.25, 0.3) is 0 Å². The highest BCUT2D eigenvalue weighted by Gasteiger charge is 2.14. The van der Waals surface area contributed by atoms with Gasteiger partial charge in [-0.3, -0.25) is 15.3 Å². The van der Waals surface area contributed by atoms with E-state index in [1.54, 1.807) is 6.20 Å². The summed E-state index contributed by atoms with van der Waals surface area (Å²) in [6.45, 7) is 5.23. The third-order valence-corrected chi connectivity index (χ3v) is 3.35. The highest BCUT2D eigenvalue weighted by atomic mass is 15.2. The molecule has 1 fully saturated rings. The van der Waals surface area contributed by atoms with Gasteiger partial charge in [-0.25, -0.2) is 0 Å². The second-order valence-corrected chi connectivity index (χ2v) is 4.86. The Balaban J connectivity index is 2.06. The van der Waals surface area contributed by atoms with E-state index in [1.165, 1.54) is 6.42 Å². The largest absolute Gasteiger partial charge is 0.382 e. The molecular formula is C13H21N5. The van der Waals surface area contributed by atoms with Crippen molar-refractivity contribution in [1.82, 2.24) is 14.8 Å². The molecule has 98 valence electrons. The molecule has 0 spiro atoms. The van der Waals surface area contributed by atoms with E-state index in [-0.39, 0.29) is 5.84 Å². The maximum atomic E-state index is 7.56. The van der Waals surface area contributed by atoms with Gasteiger partial charge in [0.05, 0.1) is 0 Å². The van der Waals surface area contributed by atoms with Crippen molar-refractivity contribution in [3.8, 4) is 0 Å². The molecule has 18 heavy (non-hydrogen) atoms. The predicted octanol–water partition coefficient (Wildman–Crippen LogP) is 0.503. The molecule has 1 aromatic heterocycles. The van der Waals surface area contributed by atoms with Crippen molar-refractivity contribution in [3.05, 3.63) is 29.6 Å². The lowest BCUT2D eigenvalue weighted by Crippen LogP contribution is -2.29. The third-order valence-electron chi connectivity index (χ3n) is 3.35. The molecule has 1 saturated heterocycles. The molecule has 5 heteroatoms. The summed E-state index contributed by atoms with van der Waals surface area (Å²) in [5.41, 5.74) is 7.24. The van der Waals surface area contributed by atoms with Gasteiger partial charge in [-0.15, -0.1) is 0 Å². The Morgan fingerprint density at radius 1 is 1.39 bits per heavy atom. The van der Waals surface area contributed by atoms with Crippen LogP contribution < -0.4 is 5.73 Å². The summed E-state index contributed by atoms with van der Waals surface area (Å²) in [4.78, 5) is 8.96. The van der Waals surface area contributed by atoms with Crippen molar-refractivity contribution >= 4 is 5.84 Å². The molecule has 0 aromatic carbocycles. The minimum atomic E-state index is 0.0533. The van der Waals surface area contributed by atoms with Crippen LogP contribution in [-0.4, -0.2) is 53.8 Å². The van der Waals surface area contributed by atoms with Gasteiger partial charge in [0.15, 0.2) is 0 Å².